The van der Waals surface area contributed by atoms with Crippen LogP contribution in [0, 0.1) is 0 Å². The molecule has 5 heteroatoms. The summed E-state index contributed by atoms with van der Waals surface area (Å²) in [5, 5.41) is 12.5. The fourth-order valence-electron chi connectivity index (χ4n) is 2.51. The molecule has 0 aromatic rings. The smallest absolute Gasteiger partial charge is 0.322 e. The molecule has 2 unspecified atom stereocenters. The fourth-order valence-corrected chi connectivity index (χ4v) is 2.51. The Morgan fingerprint density at radius 2 is 2.27 bits per heavy atom. The molecule has 2 saturated heterocycles. The van der Waals surface area contributed by atoms with E-state index in [0.717, 1.165) is 32.6 Å². The quantitative estimate of drug-likeness (QED) is 0.619. The SMILES string of the molecule is CN1CCN(C2CCNC2)C(C(=O)O)C1. The van der Waals surface area contributed by atoms with E-state index in [4.69, 9.17) is 0 Å². The Morgan fingerprint density at radius 3 is 2.87 bits per heavy atom. The van der Waals surface area contributed by atoms with Crippen molar-refractivity contribution in [3.63, 3.8) is 0 Å². The zero-order chi connectivity index (χ0) is 10.8. The highest BCUT2D eigenvalue weighted by Gasteiger charge is 2.36. The Labute approximate surface area is 90.0 Å². The summed E-state index contributed by atoms with van der Waals surface area (Å²) in [6.07, 6.45) is 1.08. The van der Waals surface area contributed by atoms with Crippen molar-refractivity contribution in [2.45, 2.75) is 18.5 Å². The Bertz CT molecular complexity index is 241. The lowest BCUT2D eigenvalue weighted by Crippen LogP contribution is -2.59. The molecule has 0 radical (unpaired) electrons. The van der Waals surface area contributed by atoms with Crippen LogP contribution < -0.4 is 5.32 Å². The fraction of sp³-hybridized carbons (Fsp3) is 0.900. The highest BCUT2D eigenvalue weighted by Crippen LogP contribution is 2.16. The van der Waals surface area contributed by atoms with Gasteiger partial charge in [0.25, 0.3) is 0 Å². The average Bonchev–Trinajstić information content (AvgIpc) is 2.70. The van der Waals surface area contributed by atoms with Crippen molar-refractivity contribution in [2.24, 2.45) is 0 Å². The van der Waals surface area contributed by atoms with E-state index >= 15 is 0 Å². The number of piperazine rings is 1. The average molecular weight is 213 g/mol. The molecule has 2 aliphatic rings. The maximum absolute atomic E-state index is 11.2. The van der Waals surface area contributed by atoms with Crippen LogP contribution in [-0.4, -0.2) is 72.7 Å². The molecule has 2 fully saturated rings. The second-order valence-electron chi connectivity index (χ2n) is 4.50. The predicted molar refractivity (Wildman–Crippen MR) is 56.9 cm³/mol. The first kappa shape index (κ1) is 10.9. The molecular weight excluding hydrogens is 194 g/mol. The molecule has 15 heavy (non-hydrogen) atoms. The molecule has 2 atom stereocenters. The second kappa shape index (κ2) is 4.47. The predicted octanol–water partition coefficient (Wildman–Crippen LogP) is -0.951. The van der Waals surface area contributed by atoms with E-state index in [0.29, 0.717) is 12.6 Å². The summed E-state index contributed by atoms with van der Waals surface area (Å²) in [4.78, 5) is 15.4. The van der Waals surface area contributed by atoms with Gasteiger partial charge in [-0.2, -0.15) is 0 Å². The van der Waals surface area contributed by atoms with E-state index in [1.165, 1.54) is 0 Å². The molecule has 0 aliphatic carbocycles. The minimum absolute atomic E-state index is 0.325. The number of carboxylic acid groups (broad SMARTS) is 1. The molecule has 2 N–H and O–H groups in total. The number of nitrogens with one attached hydrogen (secondary N) is 1. The van der Waals surface area contributed by atoms with E-state index in [-0.39, 0.29) is 6.04 Å². The topological polar surface area (TPSA) is 55.8 Å². The Balaban J connectivity index is 2.03. The van der Waals surface area contributed by atoms with Crippen LogP contribution in [0.4, 0.5) is 0 Å². The van der Waals surface area contributed by atoms with Gasteiger partial charge in [-0.1, -0.05) is 0 Å². The largest absolute Gasteiger partial charge is 0.480 e. The van der Waals surface area contributed by atoms with E-state index in [1.807, 2.05) is 7.05 Å². The van der Waals surface area contributed by atoms with E-state index in [2.05, 4.69) is 15.1 Å². The van der Waals surface area contributed by atoms with Crippen molar-refractivity contribution in [1.82, 2.24) is 15.1 Å². The van der Waals surface area contributed by atoms with Gasteiger partial charge in [-0.25, -0.2) is 0 Å². The third-order valence-corrected chi connectivity index (χ3v) is 3.41. The van der Waals surface area contributed by atoms with Gasteiger partial charge in [-0.15, -0.1) is 0 Å². The lowest BCUT2D eigenvalue weighted by molar-refractivity contribution is -0.146. The monoisotopic (exact) mass is 213 g/mol. The van der Waals surface area contributed by atoms with Crippen LogP contribution in [0.15, 0.2) is 0 Å². The molecule has 0 bridgehead atoms. The summed E-state index contributed by atoms with van der Waals surface area (Å²) < 4.78 is 0. The van der Waals surface area contributed by atoms with Gasteiger partial charge in [0.1, 0.15) is 6.04 Å². The number of aliphatic carboxylic acids is 1. The minimum atomic E-state index is -0.687. The van der Waals surface area contributed by atoms with Gasteiger partial charge in [-0.05, 0) is 20.0 Å². The number of carbonyl (C=O) groups is 1. The van der Waals surface area contributed by atoms with Crippen LogP contribution >= 0.6 is 0 Å². The summed E-state index contributed by atoms with van der Waals surface area (Å²) in [5.74, 6) is -0.687. The first-order chi connectivity index (χ1) is 7.18. The maximum atomic E-state index is 11.2. The molecule has 5 nitrogen and oxygen atoms in total. The normalized spacial score (nSPS) is 34.5. The standard InChI is InChI=1S/C10H19N3O2/c1-12-4-5-13(8-2-3-11-6-8)9(7-12)10(14)15/h8-9,11H,2-7H2,1H3,(H,14,15). The van der Waals surface area contributed by atoms with Crippen molar-refractivity contribution in [1.29, 1.82) is 0 Å². The van der Waals surface area contributed by atoms with Crippen LogP contribution in [0.25, 0.3) is 0 Å². The molecule has 2 rings (SSSR count). The van der Waals surface area contributed by atoms with Crippen molar-refractivity contribution < 1.29 is 9.90 Å². The lowest BCUT2D eigenvalue weighted by Gasteiger charge is -2.40. The Kier molecular flexibility index (Phi) is 3.23. The molecule has 0 amide bonds. The van der Waals surface area contributed by atoms with Gasteiger partial charge in [0, 0.05) is 32.2 Å². The van der Waals surface area contributed by atoms with Crippen LogP contribution in [0.1, 0.15) is 6.42 Å². The van der Waals surface area contributed by atoms with Crippen LogP contribution in [0.5, 0.6) is 0 Å². The zero-order valence-electron chi connectivity index (χ0n) is 9.15. The van der Waals surface area contributed by atoms with Crippen LogP contribution in [0.2, 0.25) is 0 Å². The second-order valence-corrected chi connectivity index (χ2v) is 4.50. The highest BCUT2D eigenvalue weighted by atomic mass is 16.4. The third-order valence-electron chi connectivity index (χ3n) is 3.41. The van der Waals surface area contributed by atoms with Gasteiger partial charge in [-0.3, -0.25) is 9.69 Å². The van der Waals surface area contributed by atoms with Gasteiger partial charge < -0.3 is 15.3 Å². The molecular formula is C10H19N3O2. The zero-order valence-corrected chi connectivity index (χ0v) is 9.15. The molecule has 0 spiro atoms. The summed E-state index contributed by atoms with van der Waals surface area (Å²) in [6.45, 7) is 4.45. The number of hydrogen-bond donors (Lipinski definition) is 2. The van der Waals surface area contributed by atoms with E-state index in [1.54, 1.807) is 0 Å². The molecule has 2 aliphatic heterocycles. The van der Waals surface area contributed by atoms with Crippen molar-refractivity contribution in [3.8, 4) is 0 Å². The number of rotatable bonds is 2. The lowest BCUT2D eigenvalue weighted by atomic mass is 10.1. The number of hydrogen-bond acceptors (Lipinski definition) is 4. The summed E-state index contributed by atoms with van der Waals surface area (Å²) in [6, 6.07) is 0.0912. The molecule has 2 heterocycles. The van der Waals surface area contributed by atoms with Crippen molar-refractivity contribution in [3.05, 3.63) is 0 Å². The van der Waals surface area contributed by atoms with Crippen LogP contribution in [-0.2, 0) is 4.79 Å². The minimum Gasteiger partial charge on any atom is -0.480 e. The van der Waals surface area contributed by atoms with Gasteiger partial charge >= 0.3 is 5.97 Å². The molecule has 0 aromatic heterocycles. The number of carboxylic acids is 1. The Morgan fingerprint density at radius 1 is 1.47 bits per heavy atom. The first-order valence-electron chi connectivity index (χ1n) is 5.56. The highest BCUT2D eigenvalue weighted by molar-refractivity contribution is 5.74. The summed E-state index contributed by atoms with van der Waals surface area (Å²) in [5.41, 5.74) is 0. The van der Waals surface area contributed by atoms with Crippen LogP contribution in [0.3, 0.4) is 0 Å². The maximum Gasteiger partial charge on any atom is 0.322 e. The molecule has 0 saturated carbocycles. The number of nitrogens with zero attached hydrogens (tertiary/aromatic N) is 2. The van der Waals surface area contributed by atoms with E-state index in [9.17, 15) is 9.90 Å². The summed E-state index contributed by atoms with van der Waals surface area (Å²) in [7, 11) is 1.99. The van der Waals surface area contributed by atoms with Gasteiger partial charge in [0.15, 0.2) is 0 Å². The first-order valence-corrected chi connectivity index (χ1v) is 5.56. The molecule has 0 aromatic carbocycles. The summed E-state index contributed by atoms with van der Waals surface area (Å²) >= 11 is 0. The van der Waals surface area contributed by atoms with Gasteiger partial charge in [0.2, 0.25) is 0 Å². The third kappa shape index (κ3) is 2.30. The van der Waals surface area contributed by atoms with Gasteiger partial charge in [0.05, 0.1) is 0 Å². The van der Waals surface area contributed by atoms with Crippen molar-refractivity contribution >= 4 is 5.97 Å². The molecule has 86 valence electrons. The Hall–Kier alpha value is -0.650. The van der Waals surface area contributed by atoms with E-state index < -0.39 is 5.97 Å². The number of likely N-dealkylation sites (N-methyl/N-ethyl adjacent to an activating group) is 1. The van der Waals surface area contributed by atoms with Crippen molar-refractivity contribution in [2.75, 3.05) is 39.8 Å².